The summed E-state index contributed by atoms with van der Waals surface area (Å²) in [5, 5.41) is 6.43. The molecule has 4 heterocycles. The van der Waals surface area contributed by atoms with E-state index in [4.69, 9.17) is 19.4 Å². The molecule has 0 fully saturated rings. The van der Waals surface area contributed by atoms with Crippen molar-refractivity contribution in [3.8, 4) is 17.4 Å². The predicted molar refractivity (Wildman–Crippen MR) is 139 cm³/mol. The number of hydrogen-bond acceptors (Lipinski definition) is 4. The molecule has 1 aliphatic rings. The number of fused-ring (bicyclic) bond motifs is 3. The number of nitrogens with zero attached hydrogens (tertiary/aromatic N) is 4. The maximum atomic E-state index is 6.13. The van der Waals surface area contributed by atoms with E-state index in [-0.39, 0.29) is 26.5 Å². The molecular weight excluding hydrogens is 630 g/mol. The van der Waals surface area contributed by atoms with Crippen LogP contribution in [0.3, 0.4) is 0 Å². The summed E-state index contributed by atoms with van der Waals surface area (Å²) in [5.41, 5.74) is 3.85. The first-order valence-corrected chi connectivity index (χ1v) is 11.5. The minimum atomic E-state index is -0.391. The molecule has 2 aromatic carbocycles. The van der Waals surface area contributed by atoms with Gasteiger partial charge in [-0.05, 0) is 35.2 Å². The molecule has 0 spiro atoms. The first kappa shape index (κ1) is 24.1. The molecule has 0 bridgehead atoms. The van der Waals surface area contributed by atoms with Crippen LogP contribution in [0.25, 0.3) is 33.0 Å². The Kier molecular flexibility index (Phi) is 6.35. The summed E-state index contributed by atoms with van der Waals surface area (Å²) in [4.78, 5) is 9.63. The standard InChI is InChI=1S/C28H23BN4O2.Pt/c1-28(2,3)19-13-14-30-25(17-19)33-24-10-5-4-9-22(24)23-11-12-26(32-27(23)33)35-21-8-6-7-20(18-21)29-31-15-16-34-29;/h4-17H,1-3H3;/q-2;+2. The zero-order valence-electron chi connectivity index (χ0n) is 20.1. The van der Waals surface area contributed by atoms with Gasteiger partial charge in [-0.2, -0.15) is 22.6 Å². The molecule has 3 aromatic heterocycles. The normalized spacial score (nSPS) is 12.9. The van der Waals surface area contributed by atoms with Gasteiger partial charge in [-0.1, -0.05) is 39.0 Å². The van der Waals surface area contributed by atoms with E-state index in [0.29, 0.717) is 11.6 Å². The maximum Gasteiger partial charge on any atom is 2.00 e. The average molecular weight is 653 g/mol. The summed E-state index contributed by atoms with van der Waals surface area (Å²) in [5.74, 6) is 1.86. The second-order valence-electron chi connectivity index (χ2n) is 9.52. The number of para-hydroxylation sites is 1. The first-order chi connectivity index (χ1) is 17.0. The monoisotopic (exact) mass is 653 g/mol. The Morgan fingerprint density at radius 3 is 2.67 bits per heavy atom. The van der Waals surface area contributed by atoms with Gasteiger partial charge in [0.15, 0.2) is 5.65 Å². The Morgan fingerprint density at radius 1 is 1.00 bits per heavy atom. The number of rotatable bonds is 4. The minimum Gasteiger partial charge on any atom is -0.673 e. The van der Waals surface area contributed by atoms with Crippen molar-refractivity contribution < 1.29 is 30.5 Å². The predicted octanol–water partition coefficient (Wildman–Crippen LogP) is 6.03. The van der Waals surface area contributed by atoms with Crippen LogP contribution >= 0.6 is 0 Å². The molecule has 0 radical (unpaired) electrons. The van der Waals surface area contributed by atoms with Gasteiger partial charge >= 0.3 is 21.1 Å². The summed E-state index contributed by atoms with van der Waals surface area (Å²) < 4.78 is 13.7. The number of pyridine rings is 2. The number of aromatic nitrogens is 3. The van der Waals surface area contributed by atoms with E-state index in [1.54, 1.807) is 12.5 Å². The summed E-state index contributed by atoms with van der Waals surface area (Å²) in [7, 11) is -0.391. The van der Waals surface area contributed by atoms with Gasteiger partial charge in [-0.3, -0.25) is 4.57 Å². The molecule has 6 rings (SSSR count). The summed E-state index contributed by atoms with van der Waals surface area (Å²) in [6.45, 7) is 6.60. The molecule has 36 heavy (non-hydrogen) atoms. The first-order valence-electron chi connectivity index (χ1n) is 11.5. The second kappa shape index (κ2) is 9.47. The quantitative estimate of drug-likeness (QED) is 0.176. The van der Waals surface area contributed by atoms with Gasteiger partial charge in [-0.25, -0.2) is 4.98 Å². The molecule has 0 N–H and O–H groups in total. The molecule has 1 aliphatic heterocycles. The maximum absolute atomic E-state index is 6.13. The van der Waals surface area contributed by atoms with Crippen molar-refractivity contribution in [1.82, 2.24) is 14.5 Å². The third-order valence-electron chi connectivity index (χ3n) is 6.10. The molecule has 180 valence electrons. The van der Waals surface area contributed by atoms with Crippen LogP contribution in [-0.2, 0) is 31.1 Å². The average Bonchev–Trinajstić information content (AvgIpc) is 3.50. The Morgan fingerprint density at radius 2 is 1.86 bits per heavy atom. The van der Waals surface area contributed by atoms with E-state index in [0.717, 1.165) is 33.2 Å². The molecule has 0 saturated carbocycles. The van der Waals surface area contributed by atoms with Crippen LogP contribution in [0.15, 0.2) is 85.4 Å². The van der Waals surface area contributed by atoms with Crippen LogP contribution in [0.1, 0.15) is 26.3 Å². The minimum absolute atomic E-state index is 0. The van der Waals surface area contributed by atoms with Crippen LogP contribution in [0.5, 0.6) is 11.6 Å². The van der Waals surface area contributed by atoms with Crippen molar-refractivity contribution in [1.29, 1.82) is 0 Å². The summed E-state index contributed by atoms with van der Waals surface area (Å²) >= 11 is 0. The Bertz CT molecular complexity index is 1580. The van der Waals surface area contributed by atoms with E-state index >= 15 is 0 Å². The van der Waals surface area contributed by atoms with Gasteiger partial charge in [0, 0.05) is 35.0 Å². The van der Waals surface area contributed by atoms with Crippen molar-refractivity contribution in [2.45, 2.75) is 26.2 Å². The molecule has 0 saturated heterocycles. The third kappa shape index (κ3) is 4.40. The van der Waals surface area contributed by atoms with E-state index in [2.05, 4.69) is 60.9 Å². The Balaban J connectivity index is 0.00000267. The van der Waals surface area contributed by atoms with E-state index in [9.17, 15) is 0 Å². The zero-order valence-corrected chi connectivity index (χ0v) is 22.4. The van der Waals surface area contributed by atoms with Gasteiger partial charge < -0.3 is 14.6 Å². The number of ether oxygens (including phenoxy) is 1. The number of benzene rings is 2. The van der Waals surface area contributed by atoms with Crippen LogP contribution < -0.4 is 10.2 Å². The molecular formula is C28H23BN4O2Pt. The Labute approximate surface area is 224 Å². The fourth-order valence-electron chi connectivity index (χ4n) is 4.31. The molecule has 0 aliphatic carbocycles. The molecule has 0 amide bonds. The van der Waals surface area contributed by atoms with Crippen molar-refractivity contribution >= 4 is 34.4 Å². The molecule has 6 nitrogen and oxygen atoms in total. The van der Waals surface area contributed by atoms with E-state index < -0.39 is 7.05 Å². The molecule has 0 atom stereocenters. The van der Waals surface area contributed by atoms with Gasteiger partial charge in [0.1, 0.15) is 5.82 Å². The summed E-state index contributed by atoms with van der Waals surface area (Å²) in [6, 6.07) is 25.3. The molecule has 5 aromatic rings. The number of hydrogen-bond donors (Lipinski definition) is 0. The fraction of sp³-hybridized carbons (Fsp3) is 0.143. The van der Waals surface area contributed by atoms with Crippen LogP contribution in [0, 0.1) is 6.07 Å². The fourth-order valence-corrected chi connectivity index (χ4v) is 4.31. The van der Waals surface area contributed by atoms with Crippen LogP contribution in [0.4, 0.5) is 0 Å². The molecule has 0 unspecified atom stereocenters. The van der Waals surface area contributed by atoms with E-state index in [1.807, 2.05) is 48.7 Å². The van der Waals surface area contributed by atoms with E-state index in [1.165, 1.54) is 5.56 Å². The molecule has 8 heteroatoms. The van der Waals surface area contributed by atoms with Crippen molar-refractivity contribution in [2.24, 2.45) is 0 Å². The largest absolute Gasteiger partial charge is 2.00 e. The second-order valence-corrected chi connectivity index (χ2v) is 9.52. The van der Waals surface area contributed by atoms with Crippen LogP contribution in [0.2, 0.25) is 0 Å². The van der Waals surface area contributed by atoms with Gasteiger partial charge in [0.2, 0.25) is 5.88 Å². The van der Waals surface area contributed by atoms with Gasteiger partial charge in [-0.15, -0.1) is 18.3 Å². The topological polar surface area (TPSA) is 63.3 Å². The smallest absolute Gasteiger partial charge is 0.673 e. The van der Waals surface area contributed by atoms with Gasteiger partial charge in [0.05, 0.1) is 5.52 Å². The van der Waals surface area contributed by atoms with Gasteiger partial charge in [0.25, 0.3) is 7.05 Å². The SMILES string of the molecule is CC(C)(C)c1ccnc(-n2c3ccccc3c3ccc(Oc4[c-]c(B5[N-]C=CO5)ccc4)nc32)c1.[Pt+2]. The Hall–Kier alpha value is -3.57. The van der Waals surface area contributed by atoms with Crippen molar-refractivity contribution in [2.75, 3.05) is 0 Å². The third-order valence-corrected chi connectivity index (χ3v) is 6.10. The van der Waals surface area contributed by atoms with Crippen molar-refractivity contribution in [3.05, 3.63) is 102 Å². The zero-order chi connectivity index (χ0) is 24.0. The summed E-state index contributed by atoms with van der Waals surface area (Å²) in [6.07, 6.45) is 5.08. The van der Waals surface area contributed by atoms with Crippen molar-refractivity contribution in [3.63, 3.8) is 0 Å². The van der Waals surface area contributed by atoms with Crippen LogP contribution in [-0.4, -0.2) is 21.6 Å².